The van der Waals surface area contributed by atoms with E-state index in [1.165, 1.54) is 17.5 Å². The van der Waals surface area contributed by atoms with Gasteiger partial charge in [-0.3, -0.25) is 9.78 Å². The highest BCUT2D eigenvalue weighted by molar-refractivity contribution is 7.15. The summed E-state index contributed by atoms with van der Waals surface area (Å²) in [5.74, 6) is -0.412. The van der Waals surface area contributed by atoms with Gasteiger partial charge in [0.25, 0.3) is 0 Å². The molecule has 0 aliphatic carbocycles. The molecule has 0 saturated heterocycles. The van der Waals surface area contributed by atoms with E-state index in [-0.39, 0.29) is 6.42 Å². The SMILES string of the molecule is Cc1nc(CC(N)=O)sc1-c1ccncc1C#N. The molecule has 2 rings (SSSR count). The fourth-order valence-electron chi connectivity index (χ4n) is 1.61. The maximum absolute atomic E-state index is 10.9. The van der Waals surface area contributed by atoms with Gasteiger partial charge in [-0.2, -0.15) is 5.26 Å². The minimum atomic E-state index is -0.412. The molecule has 2 heterocycles. The molecule has 0 saturated carbocycles. The van der Waals surface area contributed by atoms with E-state index in [4.69, 9.17) is 11.0 Å². The third-order valence-corrected chi connectivity index (χ3v) is 3.54. The van der Waals surface area contributed by atoms with Gasteiger partial charge in [0.1, 0.15) is 11.1 Å². The number of nitrogens with zero attached hydrogens (tertiary/aromatic N) is 3. The van der Waals surface area contributed by atoms with Gasteiger partial charge in [-0.05, 0) is 13.0 Å². The minimum Gasteiger partial charge on any atom is -0.369 e. The molecule has 0 aromatic carbocycles. The molecule has 0 aliphatic rings. The second-order valence-corrected chi connectivity index (χ2v) is 4.78. The second kappa shape index (κ2) is 4.94. The number of rotatable bonds is 3. The quantitative estimate of drug-likeness (QED) is 0.900. The van der Waals surface area contributed by atoms with Crippen molar-refractivity contribution in [3.05, 3.63) is 34.7 Å². The summed E-state index contributed by atoms with van der Waals surface area (Å²) in [6, 6.07) is 3.87. The summed E-state index contributed by atoms with van der Waals surface area (Å²) in [7, 11) is 0. The summed E-state index contributed by atoms with van der Waals surface area (Å²) in [6.45, 7) is 1.85. The number of nitrogens with two attached hydrogens (primary N) is 1. The van der Waals surface area contributed by atoms with Crippen molar-refractivity contribution in [2.75, 3.05) is 0 Å². The van der Waals surface area contributed by atoms with E-state index in [0.717, 1.165) is 16.1 Å². The molecule has 0 fully saturated rings. The summed E-state index contributed by atoms with van der Waals surface area (Å²) < 4.78 is 0. The molecule has 0 aliphatic heterocycles. The Balaban J connectivity index is 2.48. The average Bonchev–Trinajstić information content (AvgIpc) is 2.69. The van der Waals surface area contributed by atoms with Crippen molar-refractivity contribution in [1.29, 1.82) is 5.26 Å². The normalized spacial score (nSPS) is 10.0. The Hall–Kier alpha value is -2.26. The standard InChI is InChI=1S/C12H10N4OS/c1-7-12(18-11(16-7)4-10(14)17)9-2-3-15-6-8(9)5-13/h2-3,6H,4H2,1H3,(H2,14,17). The van der Waals surface area contributed by atoms with Gasteiger partial charge in [-0.15, -0.1) is 11.3 Å². The first-order valence-electron chi connectivity index (χ1n) is 5.21. The summed E-state index contributed by atoms with van der Waals surface area (Å²) >= 11 is 1.38. The number of carbonyl (C=O) groups is 1. The molecule has 2 aromatic heterocycles. The molecule has 2 N–H and O–H groups in total. The van der Waals surface area contributed by atoms with Crippen LogP contribution in [0, 0.1) is 18.3 Å². The number of aromatic nitrogens is 2. The zero-order valence-electron chi connectivity index (χ0n) is 9.67. The summed E-state index contributed by atoms with van der Waals surface area (Å²) in [5.41, 5.74) is 7.22. The summed E-state index contributed by atoms with van der Waals surface area (Å²) in [4.78, 5) is 20.0. The van der Waals surface area contributed by atoms with Gasteiger partial charge in [0.05, 0.1) is 22.6 Å². The van der Waals surface area contributed by atoms with Gasteiger partial charge in [0.2, 0.25) is 5.91 Å². The fourth-order valence-corrected chi connectivity index (χ4v) is 2.72. The summed E-state index contributed by atoms with van der Waals surface area (Å²) in [6.07, 6.45) is 3.27. The lowest BCUT2D eigenvalue weighted by Crippen LogP contribution is -2.13. The van der Waals surface area contributed by atoms with Gasteiger partial charge >= 0.3 is 0 Å². The van der Waals surface area contributed by atoms with E-state index < -0.39 is 5.91 Å². The predicted molar refractivity (Wildman–Crippen MR) is 67.7 cm³/mol. The average molecular weight is 258 g/mol. The smallest absolute Gasteiger partial charge is 0.224 e. The summed E-state index contributed by atoms with van der Waals surface area (Å²) in [5, 5.41) is 9.71. The van der Waals surface area contributed by atoms with Crippen molar-refractivity contribution in [1.82, 2.24) is 9.97 Å². The number of pyridine rings is 1. The molecule has 0 radical (unpaired) electrons. The van der Waals surface area contributed by atoms with E-state index in [0.29, 0.717) is 10.6 Å². The Morgan fingerprint density at radius 2 is 2.39 bits per heavy atom. The first kappa shape index (κ1) is 12.2. The Bertz CT molecular complexity index is 642. The number of nitriles is 1. The Morgan fingerprint density at radius 3 is 3.06 bits per heavy atom. The van der Waals surface area contributed by atoms with Gasteiger partial charge in [-0.25, -0.2) is 4.98 Å². The number of hydrogen-bond acceptors (Lipinski definition) is 5. The van der Waals surface area contributed by atoms with Crippen molar-refractivity contribution in [2.24, 2.45) is 5.73 Å². The van der Waals surface area contributed by atoms with Crippen molar-refractivity contribution >= 4 is 17.2 Å². The fraction of sp³-hybridized carbons (Fsp3) is 0.167. The largest absolute Gasteiger partial charge is 0.369 e. The maximum Gasteiger partial charge on any atom is 0.224 e. The van der Waals surface area contributed by atoms with Crippen LogP contribution in [0.15, 0.2) is 18.5 Å². The predicted octanol–water partition coefficient (Wildman–Crippen LogP) is 1.41. The van der Waals surface area contributed by atoms with E-state index in [1.807, 2.05) is 6.92 Å². The minimum absolute atomic E-state index is 0.123. The third-order valence-electron chi connectivity index (χ3n) is 2.35. The molecule has 0 unspecified atom stereocenters. The van der Waals surface area contributed by atoms with E-state index in [1.54, 1.807) is 12.3 Å². The van der Waals surface area contributed by atoms with Crippen LogP contribution in [-0.2, 0) is 11.2 Å². The number of aryl methyl sites for hydroxylation is 1. The van der Waals surface area contributed by atoms with Crippen LogP contribution in [-0.4, -0.2) is 15.9 Å². The van der Waals surface area contributed by atoms with Crippen LogP contribution in [0.3, 0.4) is 0 Å². The topological polar surface area (TPSA) is 92.7 Å². The molecule has 0 spiro atoms. The number of primary amides is 1. The first-order valence-corrected chi connectivity index (χ1v) is 6.02. The molecule has 6 heteroatoms. The molecule has 0 atom stereocenters. The van der Waals surface area contributed by atoms with Crippen molar-refractivity contribution in [3.8, 4) is 16.5 Å². The van der Waals surface area contributed by atoms with Gasteiger partial charge in [0, 0.05) is 18.0 Å². The molecule has 1 amide bonds. The van der Waals surface area contributed by atoms with Crippen LogP contribution < -0.4 is 5.73 Å². The third kappa shape index (κ3) is 2.36. The van der Waals surface area contributed by atoms with Crippen LogP contribution in [0.2, 0.25) is 0 Å². The molecule has 5 nitrogen and oxygen atoms in total. The lowest BCUT2D eigenvalue weighted by atomic mass is 10.1. The Morgan fingerprint density at radius 1 is 1.61 bits per heavy atom. The van der Waals surface area contributed by atoms with Crippen molar-refractivity contribution in [2.45, 2.75) is 13.3 Å². The lowest BCUT2D eigenvalue weighted by molar-refractivity contribution is -0.117. The molecule has 2 aromatic rings. The molecule has 90 valence electrons. The Kier molecular flexibility index (Phi) is 3.35. The highest BCUT2D eigenvalue weighted by atomic mass is 32.1. The molecular formula is C12H10N4OS. The molecule has 18 heavy (non-hydrogen) atoms. The van der Waals surface area contributed by atoms with E-state index in [2.05, 4.69) is 16.0 Å². The number of amides is 1. The van der Waals surface area contributed by atoms with Crippen molar-refractivity contribution < 1.29 is 4.79 Å². The van der Waals surface area contributed by atoms with Crippen LogP contribution in [0.5, 0.6) is 0 Å². The Labute approximate surface area is 108 Å². The lowest BCUT2D eigenvalue weighted by Gasteiger charge is -1.99. The van der Waals surface area contributed by atoms with E-state index in [9.17, 15) is 4.79 Å². The van der Waals surface area contributed by atoms with Gasteiger partial charge < -0.3 is 5.73 Å². The van der Waals surface area contributed by atoms with Gasteiger partial charge in [0.15, 0.2) is 0 Å². The van der Waals surface area contributed by atoms with Crippen LogP contribution in [0.25, 0.3) is 10.4 Å². The number of thiazole rings is 1. The van der Waals surface area contributed by atoms with Crippen LogP contribution in [0.1, 0.15) is 16.3 Å². The maximum atomic E-state index is 10.9. The van der Waals surface area contributed by atoms with Crippen LogP contribution in [0.4, 0.5) is 0 Å². The van der Waals surface area contributed by atoms with Gasteiger partial charge in [-0.1, -0.05) is 0 Å². The molecular weight excluding hydrogens is 248 g/mol. The number of carbonyl (C=O) groups excluding carboxylic acids is 1. The highest BCUT2D eigenvalue weighted by Crippen LogP contribution is 2.31. The monoisotopic (exact) mass is 258 g/mol. The van der Waals surface area contributed by atoms with Crippen molar-refractivity contribution in [3.63, 3.8) is 0 Å². The highest BCUT2D eigenvalue weighted by Gasteiger charge is 2.14. The zero-order valence-corrected chi connectivity index (χ0v) is 10.5. The van der Waals surface area contributed by atoms with E-state index >= 15 is 0 Å². The zero-order chi connectivity index (χ0) is 13.1. The van der Waals surface area contributed by atoms with Crippen LogP contribution >= 0.6 is 11.3 Å². The molecule has 0 bridgehead atoms. The number of hydrogen-bond donors (Lipinski definition) is 1. The second-order valence-electron chi connectivity index (χ2n) is 3.70. The first-order chi connectivity index (χ1) is 8.61.